The van der Waals surface area contributed by atoms with E-state index >= 15 is 0 Å². The van der Waals surface area contributed by atoms with Crippen LogP contribution in [0.1, 0.15) is 49.7 Å². The van der Waals surface area contributed by atoms with Crippen LogP contribution in [0.4, 0.5) is 5.69 Å². The molecular weight excluding hydrogens is 422 g/mol. The summed E-state index contributed by atoms with van der Waals surface area (Å²) in [6.07, 6.45) is 1.39. The summed E-state index contributed by atoms with van der Waals surface area (Å²) < 4.78 is 1.34. The SMILES string of the molecule is Cc1ccc(NC(=O)c2sc3ncn(C(C)C(=O)c4ccccc4)c(=O)c3c2C)c(C)c1. The van der Waals surface area contributed by atoms with E-state index in [1.165, 1.54) is 22.2 Å². The number of nitrogens with one attached hydrogen (secondary N) is 1. The van der Waals surface area contributed by atoms with Crippen molar-refractivity contribution < 1.29 is 9.59 Å². The molecule has 0 spiro atoms. The summed E-state index contributed by atoms with van der Waals surface area (Å²) in [6.45, 7) is 7.35. The molecule has 162 valence electrons. The van der Waals surface area contributed by atoms with Gasteiger partial charge < -0.3 is 5.32 Å². The first-order valence-electron chi connectivity index (χ1n) is 10.3. The van der Waals surface area contributed by atoms with Crippen molar-refractivity contribution >= 4 is 38.9 Å². The van der Waals surface area contributed by atoms with E-state index in [-0.39, 0.29) is 17.2 Å². The van der Waals surface area contributed by atoms with E-state index in [2.05, 4.69) is 10.3 Å². The zero-order valence-electron chi connectivity index (χ0n) is 18.3. The summed E-state index contributed by atoms with van der Waals surface area (Å²) in [5.74, 6) is -0.452. The second-order valence-corrected chi connectivity index (χ2v) is 8.87. The van der Waals surface area contributed by atoms with Gasteiger partial charge in [-0.25, -0.2) is 4.98 Å². The molecule has 4 aromatic rings. The highest BCUT2D eigenvalue weighted by molar-refractivity contribution is 7.20. The van der Waals surface area contributed by atoms with Gasteiger partial charge in [0.25, 0.3) is 11.5 Å². The molecule has 6 nitrogen and oxygen atoms in total. The lowest BCUT2D eigenvalue weighted by Crippen LogP contribution is -2.28. The molecule has 0 radical (unpaired) electrons. The summed E-state index contributed by atoms with van der Waals surface area (Å²) >= 11 is 1.18. The van der Waals surface area contributed by atoms with Gasteiger partial charge in [-0.3, -0.25) is 19.0 Å². The fraction of sp³-hybridized carbons (Fsp3) is 0.200. The molecule has 0 saturated heterocycles. The molecule has 0 bridgehead atoms. The minimum Gasteiger partial charge on any atom is -0.321 e. The lowest BCUT2D eigenvalue weighted by Gasteiger charge is -2.13. The highest BCUT2D eigenvalue weighted by Gasteiger charge is 2.23. The molecule has 32 heavy (non-hydrogen) atoms. The highest BCUT2D eigenvalue weighted by Crippen LogP contribution is 2.29. The number of Topliss-reactive ketones (excluding diaryl/α,β-unsaturated/α-hetero) is 1. The number of nitrogens with zero attached hydrogens (tertiary/aromatic N) is 2. The Kier molecular flexibility index (Phi) is 5.76. The van der Waals surface area contributed by atoms with Gasteiger partial charge in [-0.1, -0.05) is 48.0 Å². The van der Waals surface area contributed by atoms with E-state index in [1.807, 2.05) is 38.1 Å². The lowest BCUT2D eigenvalue weighted by atomic mass is 10.1. The first kappa shape index (κ1) is 21.6. The molecular formula is C25H23N3O3S. The van der Waals surface area contributed by atoms with E-state index in [9.17, 15) is 14.4 Å². The maximum absolute atomic E-state index is 13.3. The Labute approximate surface area is 189 Å². The number of amides is 1. The maximum atomic E-state index is 13.3. The minimum atomic E-state index is -0.714. The molecule has 2 aromatic heterocycles. The Hall–Kier alpha value is -3.58. The van der Waals surface area contributed by atoms with Crippen molar-refractivity contribution in [2.75, 3.05) is 5.32 Å². The number of hydrogen-bond donors (Lipinski definition) is 1. The van der Waals surface area contributed by atoms with Crippen LogP contribution in [0.3, 0.4) is 0 Å². The molecule has 0 aliphatic rings. The van der Waals surface area contributed by atoms with Crippen LogP contribution in [0.15, 0.2) is 59.7 Å². The molecule has 0 aliphatic carbocycles. The van der Waals surface area contributed by atoms with Crippen molar-refractivity contribution in [1.29, 1.82) is 0 Å². The van der Waals surface area contributed by atoms with E-state index in [0.29, 0.717) is 26.2 Å². The average Bonchev–Trinajstić information content (AvgIpc) is 3.13. The third kappa shape index (κ3) is 3.87. The molecule has 1 N–H and O–H groups in total. The second kappa shape index (κ2) is 8.51. The molecule has 0 saturated carbocycles. The Bertz CT molecular complexity index is 1400. The molecule has 1 unspecified atom stereocenters. The number of anilines is 1. The van der Waals surface area contributed by atoms with E-state index in [4.69, 9.17) is 0 Å². The number of aryl methyl sites for hydroxylation is 3. The van der Waals surface area contributed by atoms with Gasteiger partial charge in [0.15, 0.2) is 5.78 Å². The molecule has 1 atom stereocenters. The number of carbonyl (C=O) groups excluding carboxylic acids is 2. The Morgan fingerprint density at radius 2 is 1.78 bits per heavy atom. The van der Waals surface area contributed by atoms with E-state index < -0.39 is 6.04 Å². The normalized spacial score (nSPS) is 12.0. The molecule has 4 rings (SSSR count). The van der Waals surface area contributed by atoms with Crippen LogP contribution in [0.2, 0.25) is 0 Å². The molecule has 7 heteroatoms. The molecule has 2 aromatic carbocycles. The van der Waals surface area contributed by atoms with Crippen LogP contribution >= 0.6 is 11.3 Å². The number of aromatic nitrogens is 2. The number of carbonyl (C=O) groups is 2. The number of benzene rings is 2. The van der Waals surface area contributed by atoms with Gasteiger partial charge in [0.05, 0.1) is 22.6 Å². The predicted molar refractivity (Wildman–Crippen MR) is 128 cm³/mol. The van der Waals surface area contributed by atoms with Gasteiger partial charge in [-0.05, 0) is 44.9 Å². The van der Waals surface area contributed by atoms with Gasteiger partial charge in [0.2, 0.25) is 0 Å². The summed E-state index contributed by atoms with van der Waals surface area (Å²) in [5.41, 5.74) is 3.57. The lowest BCUT2D eigenvalue weighted by molar-refractivity contribution is 0.0932. The topological polar surface area (TPSA) is 81.1 Å². The molecule has 0 fully saturated rings. The van der Waals surface area contributed by atoms with Crippen molar-refractivity contribution in [3.63, 3.8) is 0 Å². The third-order valence-corrected chi connectivity index (χ3v) is 6.77. The van der Waals surface area contributed by atoms with Crippen LogP contribution in [-0.4, -0.2) is 21.2 Å². The van der Waals surface area contributed by atoms with Crippen LogP contribution in [0.5, 0.6) is 0 Å². The Morgan fingerprint density at radius 1 is 1.06 bits per heavy atom. The van der Waals surface area contributed by atoms with Crippen molar-refractivity contribution in [3.05, 3.63) is 92.3 Å². The van der Waals surface area contributed by atoms with E-state index in [1.54, 1.807) is 38.1 Å². The van der Waals surface area contributed by atoms with Gasteiger partial charge in [-0.15, -0.1) is 11.3 Å². The number of fused-ring (bicyclic) bond motifs is 1. The van der Waals surface area contributed by atoms with Crippen LogP contribution in [0, 0.1) is 20.8 Å². The first-order chi connectivity index (χ1) is 15.3. The maximum Gasteiger partial charge on any atom is 0.266 e. The average molecular weight is 446 g/mol. The highest BCUT2D eigenvalue weighted by atomic mass is 32.1. The van der Waals surface area contributed by atoms with Crippen molar-refractivity contribution in [3.8, 4) is 0 Å². The fourth-order valence-corrected chi connectivity index (χ4v) is 4.77. The molecule has 0 aliphatic heterocycles. The van der Waals surface area contributed by atoms with Crippen LogP contribution in [0.25, 0.3) is 10.2 Å². The first-order valence-corrected chi connectivity index (χ1v) is 11.1. The monoisotopic (exact) mass is 445 g/mol. The minimum absolute atomic E-state index is 0.172. The van der Waals surface area contributed by atoms with Crippen molar-refractivity contribution in [2.24, 2.45) is 0 Å². The van der Waals surface area contributed by atoms with Crippen LogP contribution < -0.4 is 10.9 Å². The van der Waals surface area contributed by atoms with Crippen molar-refractivity contribution in [2.45, 2.75) is 33.7 Å². The summed E-state index contributed by atoms with van der Waals surface area (Å²) in [6, 6.07) is 13.9. The van der Waals surface area contributed by atoms with Gasteiger partial charge in [0, 0.05) is 11.3 Å². The number of ketones is 1. The Balaban J connectivity index is 1.70. The molecule has 1 amide bonds. The standard InChI is InChI=1S/C25H23N3O3S/c1-14-10-11-19(15(2)12-14)27-23(30)22-16(3)20-24(32-22)26-13-28(25(20)31)17(4)21(29)18-8-6-5-7-9-18/h5-13,17H,1-4H3,(H,27,30). The smallest absolute Gasteiger partial charge is 0.266 e. The summed E-state index contributed by atoms with van der Waals surface area (Å²) in [5, 5.41) is 3.30. The predicted octanol–water partition coefficient (Wildman–Crippen LogP) is 5.08. The quantitative estimate of drug-likeness (QED) is 0.435. The number of hydrogen-bond acceptors (Lipinski definition) is 5. The zero-order chi connectivity index (χ0) is 23.0. The number of thiophene rings is 1. The van der Waals surface area contributed by atoms with Crippen molar-refractivity contribution in [1.82, 2.24) is 9.55 Å². The number of rotatable bonds is 5. The zero-order valence-corrected chi connectivity index (χ0v) is 19.1. The summed E-state index contributed by atoms with van der Waals surface area (Å²) in [4.78, 5) is 44.4. The van der Waals surface area contributed by atoms with E-state index in [0.717, 1.165) is 16.8 Å². The van der Waals surface area contributed by atoms with Gasteiger partial charge in [0.1, 0.15) is 4.83 Å². The van der Waals surface area contributed by atoms with Crippen LogP contribution in [-0.2, 0) is 0 Å². The largest absolute Gasteiger partial charge is 0.321 e. The fourth-order valence-electron chi connectivity index (χ4n) is 3.73. The van der Waals surface area contributed by atoms with Gasteiger partial charge >= 0.3 is 0 Å². The Morgan fingerprint density at radius 3 is 2.47 bits per heavy atom. The third-order valence-electron chi connectivity index (χ3n) is 5.57. The molecule has 2 heterocycles. The van der Waals surface area contributed by atoms with Gasteiger partial charge in [-0.2, -0.15) is 0 Å². The summed E-state index contributed by atoms with van der Waals surface area (Å²) in [7, 11) is 0. The second-order valence-electron chi connectivity index (χ2n) is 7.87.